The maximum absolute atomic E-state index is 12.9. The van der Waals surface area contributed by atoms with Gasteiger partial charge in [0.2, 0.25) is 5.88 Å². The minimum absolute atomic E-state index is 0.0858. The number of allylic oxidation sites excluding steroid dienone is 2. The van der Waals surface area contributed by atoms with Crippen molar-refractivity contribution in [3.8, 4) is 5.88 Å². The molecule has 1 fully saturated rings. The van der Waals surface area contributed by atoms with E-state index in [-0.39, 0.29) is 11.3 Å². The van der Waals surface area contributed by atoms with Gasteiger partial charge in [0.15, 0.2) is 0 Å². The largest absolute Gasteiger partial charge is 0.475 e. The van der Waals surface area contributed by atoms with Crippen LogP contribution < -0.4 is 4.74 Å². The highest BCUT2D eigenvalue weighted by molar-refractivity contribution is 5.94. The molecule has 0 unspecified atom stereocenters. The fraction of sp³-hybridized carbons (Fsp3) is 0.579. The minimum atomic E-state index is 0.0858. The number of pyridine rings is 1. The Kier molecular flexibility index (Phi) is 5.51. The van der Waals surface area contributed by atoms with Gasteiger partial charge in [0.05, 0.1) is 6.61 Å². The zero-order chi connectivity index (χ0) is 16.8. The first-order chi connectivity index (χ1) is 11.7. The highest BCUT2D eigenvalue weighted by Crippen LogP contribution is 2.41. The Bertz CT molecular complexity index is 602. The topological polar surface area (TPSA) is 51.7 Å². The van der Waals surface area contributed by atoms with Gasteiger partial charge in [-0.2, -0.15) is 0 Å². The van der Waals surface area contributed by atoms with Crippen LogP contribution in [-0.4, -0.2) is 49.2 Å². The van der Waals surface area contributed by atoms with E-state index in [1.807, 2.05) is 4.90 Å². The molecule has 1 saturated heterocycles. The van der Waals surface area contributed by atoms with Crippen molar-refractivity contribution in [1.29, 1.82) is 0 Å². The van der Waals surface area contributed by atoms with Crippen LogP contribution in [0.1, 0.15) is 42.5 Å². The number of amides is 1. The monoisotopic (exact) mass is 330 g/mol. The SMILES string of the molecule is COCCOc1cc(C(=O)N2CCC[C@@]3(CC=CCC3)C2)ccn1. The van der Waals surface area contributed by atoms with Gasteiger partial charge in [0.25, 0.3) is 5.91 Å². The highest BCUT2D eigenvalue weighted by atomic mass is 16.5. The molecular weight excluding hydrogens is 304 g/mol. The van der Waals surface area contributed by atoms with Gasteiger partial charge in [-0.1, -0.05) is 12.2 Å². The van der Waals surface area contributed by atoms with Crippen molar-refractivity contribution in [3.05, 3.63) is 36.0 Å². The number of rotatable bonds is 5. The maximum atomic E-state index is 12.9. The van der Waals surface area contributed by atoms with E-state index < -0.39 is 0 Å². The average Bonchev–Trinajstić information content (AvgIpc) is 2.62. The van der Waals surface area contributed by atoms with Crippen LogP contribution in [0.2, 0.25) is 0 Å². The third-order valence-corrected chi connectivity index (χ3v) is 5.03. The second-order valence-corrected chi connectivity index (χ2v) is 6.77. The molecule has 0 bridgehead atoms. The van der Waals surface area contributed by atoms with Crippen molar-refractivity contribution >= 4 is 5.91 Å². The van der Waals surface area contributed by atoms with Crippen LogP contribution in [-0.2, 0) is 4.74 Å². The van der Waals surface area contributed by atoms with Gasteiger partial charge in [-0.25, -0.2) is 4.98 Å². The van der Waals surface area contributed by atoms with Gasteiger partial charge in [0, 0.05) is 38.0 Å². The van der Waals surface area contributed by atoms with E-state index in [1.165, 1.54) is 12.8 Å². The van der Waals surface area contributed by atoms with Gasteiger partial charge in [-0.15, -0.1) is 0 Å². The molecule has 3 rings (SSSR count). The number of carbonyl (C=O) groups excluding carboxylic acids is 1. The van der Waals surface area contributed by atoms with Crippen LogP contribution in [0.3, 0.4) is 0 Å². The molecule has 1 aromatic rings. The second-order valence-electron chi connectivity index (χ2n) is 6.77. The van der Waals surface area contributed by atoms with E-state index in [2.05, 4.69) is 17.1 Å². The predicted molar refractivity (Wildman–Crippen MR) is 92.2 cm³/mol. The number of methoxy groups -OCH3 is 1. The Morgan fingerprint density at radius 3 is 3.04 bits per heavy atom. The first-order valence-corrected chi connectivity index (χ1v) is 8.75. The molecule has 1 aliphatic heterocycles. The van der Waals surface area contributed by atoms with Gasteiger partial charge < -0.3 is 14.4 Å². The molecule has 1 atom stereocenters. The summed E-state index contributed by atoms with van der Waals surface area (Å²) in [5.41, 5.74) is 0.939. The lowest BCUT2D eigenvalue weighted by molar-refractivity contribution is 0.0484. The number of ether oxygens (including phenoxy) is 2. The summed E-state index contributed by atoms with van der Waals surface area (Å²) in [6, 6.07) is 3.51. The average molecular weight is 330 g/mol. The first-order valence-electron chi connectivity index (χ1n) is 8.75. The molecule has 0 saturated carbocycles. The van der Waals surface area contributed by atoms with E-state index in [9.17, 15) is 4.79 Å². The van der Waals surface area contributed by atoms with Crippen LogP contribution in [0.15, 0.2) is 30.5 Å². The Morgan fingerprint density at radius 1 is 1.33 bits per heavy atom. The van der Waals surface area contributed by atoms with Crippen molar-refractivity contribution in [1.82, 2.24) is 9.88 Å². The summed E-state index contributed by atoms with van der Waals surface area (Å²) in [6.45, 7) is 2.63. The zero-order valence-corrected chi connectivity index (χ0v) is 14.4. The lowest BCUT2D eigenvalue weighted by Crippen LogP contribution is -2.46. The van der Waals surface area contributed by atoms with E-state index in [1.54, 1.807) is 25.4 Å². The van der Waals surface area contributed by atoms with Crippen LogP contribution in [0.5, 0.6) is 5.88 Å². The second kappa shape index (κ2) is 7.79. The Balaban J connectivity index is 1.67. The quantitative estimate of drug-likeness (QED) is 0.615. The zero-order valence-electron chi connectivity index (χ0n) is 14.4. The van der Waals surface area contributed by atoms with Crippen molar-refractivity contribution in [2.75, 3.05) is 33.4 Å². The normalized spacial score (nSPS) is 23.5. The van der Waals surface area contributed by atoms with Gasteiger partial charge in [-0.3, -0.25) is 4.79 Å². The molecule has 1 aliphatic carbocycles. The number of nitrogens with zero attached hydrogens (tertiary/aromatic N) is 2. The lowest BCUT2D eigenvalue weighted by atomic mass is 9.71. The summed E-state index contributed by atoms with van der Waals surface area (Å²) in [5, 5.41) is 0. The molecule has 1 spiro atoms. The van der Waals surface area contributed by atoms with Gasteiger partial charge >= 0.3 is 0 Å². The molecule has 0 aromatic carbocycles. The van der Waals surface area contributed by atoms with Crippen LogP contribution in [0, 0.1) is 5.41 Å². The number of piperidine rings is 1. The molecule has 5 nitrogen and oxygen atoms in total. The third kappa shape index (κ3) is 3.96. The number of carbonyl (C=O) groups is 1. The molecule has 2 heterocycles. The predicted octanol–water partition coefficient (Wildman–Crippen LogP) is 3.07. The van der Waals surface area contributed by atoms with Crippen LogP contribution in [0.4, 0.5) is 0 Å². The summed E-state index contributed by atoms with van der Waals surface area (Å²) in [4.78, 5) is 19.1. The highest BCUT2D eigenvalue weighted by Gasteiger charge is 2.37. The number of hydrogen-bond acceptors (Lipinski definition) is 4. The lowest BCUT2D eigenvalue weighted by Gasteiger charge is -2.44. The minimum Gasteiger partial charge on any atom is -0.475 e. The fourth-order valence-electron chi connectivity index (χ4n) is 3.73. The summed E-state index contributed by atoms with van der Waals surface area (Å²) in [5.74, 6) is 0.563. The smallest absolute Gasteiger partial charge is 0.254 e. The van der Waals surface area contributed by atoms with E-state index in [0.717, 1.165) is 32.4 Å². The Morgan fingerprint density at radius 2 is 2.25 bits per heavy atom. The molecular formula is C19H26N2O3. The van der Waals surface area contributed by atoms with Crippen molar-refractivity contribution in [2.24, 2.45) is 5.41 Å². The van der Waals surface area contributed by atoms with Crippen LogP contribution >= 0.6 is 0 Å². The standard InChI is InChI=1S/C19H26N2O3/c1-23-12-13-24-17-14-16(6-10-20-17)18(22)21-11-5-9-19(15-21)7-3-2-4-8-19/h2-3,6,10,14H,4-5,7-9,11-13,15H2,1H3/t19-/m0/s1. The van der Waals surface area contributed by atoms with Crippen LogP contribution in [0.25, 0.3) is 0 Å². The molecule has 24 heavy (non-hydrogen) atoms. The van der Waals surface area contributed by atoms with E-state index in [0.29, 0.717) is 24.7 Å². The van der Waals surface area contributed by atoms with E-state index >= 15 is 0 Å². The molecule has 1 amide bonds. The first kappa shape index (κ1) is 17.0. The summed E-state index contributed by atoms with van der Waals surface area (Å²) in [6.07, 6.45) is 11.9. The van der Waals surface area contributed by atoms with E-state index in [4.69, 9.17) is 9.47 Å². The van der Waals surface area contributed by atoms with Gasteiger partial charge in [-0.05, 0) is 43.6 Å². The number of likely N-dealkylation sites (tertiary alicyclic amines) is 1. The Labute approximate surface area is 143 Å². The molecule has 0 radical (unpaired) electrons. The molecule has 1 aromatic heterocycles. The van der Waals surface area contributed by atoms with Crippen molar-refractivity contribution < 1.29 is 14.3 Å². The molecule has 5 heteroatoms. The number of hydrogen-bond donors (Lipinski definition) is 0. The molecule has 2 aliphatic rings. The van der Waals surface area contributed by atoms with Gasteiger partial charge in [0.1, 0.15) is 6.61 Å². The fourth-order valence-corrected chi connectivity index (χ4v) is 3.73. The number of aromatic nitrogens is 1. The van der Waals surface area contributed by atoms with Crippen molar-refractivity contribution in [3.63, 3.8) is 0 Å². The third-order valence-electron chi connectivity index (χ3n) is 5.03. The Hall–Kier alpha value is -1.88. The summed E-state index contributed by atoms with van der Waals surface area (Å²) >= 11 is 0. The summed E-state index contributed by atoms with van der Waals surface area (Å²) < 4.78 is 10.5. The summed E-state index contributed by atoms with van der Waals surface area (Å²) in [7, 11) is 1.63. The maximum Gasteiger partial charge on any atom is 0.254 e. The molecule has 130 valence electrons. The molecule has 0 N–H and O–H groups in total. The van der Waals surface area contributed by atoms with Crippen molar-refractivity contribution in [2.45, 2.75) is 32.1 Å².